The molecule has 0 aliphatic rings. The van der Waals surface area contributed by atoms with Crippen molar-refractivity contribution in [2.75, 3.05) is 13.2 Å². The first kappa shape index (κ1) is 22.8. The van der Waals surface area contributed by atoms with Crippen LogP contribution in [-0.2, 0) is 11.2 Å². The summed E-state index contributed by atoms with van der Waals surface area (Å²) in [7, 11) is 0. The van der Waals surface area contributed by atoms with Crippen molar-refractivity contribution >= 4 is 0 Å². The minimum Gasteiger partial charge on any atom is -0.504 e. The molecule has 1 aromatic carbocycles. The molecule has 0 aliphatic carbocycles. The number of rotatable bonds is 17. The first-order chi connectivity index (χ1) is 12.8. The lowest BCUT2D eigenvalue weighted by Crippen LogP contribution is -1.97. The van der Waals surface area contributed by atoms with Crippen LogP contribution in [0.1, 0.15) is 96.0 Å². The molecule has 0 radical (unpaired) electrons. The molecule has 0 atom stereocenters. The highest BCUT2D eigenvalue weighted by molar-refractivity contribution is 5.44. The van der Waals surface area contributed by atoms with Crippen LogP contribution in [0.4, 0.5) is 0 Å². The highest BCUT2D eigenvalue weighted by Gasteiger charge is 2.04. The Morgan fingerprint density at radius 3 is 1.85 bits per heavy atom. The second-order valence-electron chi connectivity index (χ2n) is 7.39. The van der Waals surface area contributed by atoms with Gasteiger partial charge >= 0.3 is 0 Å². The summed E-state index contributed by atoms with van der Waals surface area (Å²) in [5.41, 5.74) is 0.846. The van der Waals surface area contributed by atoms with Gasteiger partial charge in [-0.15, -0.1) is 0 Å². The first-order valence-corrected chi connectivity index (χ1v) is 10.8. The van der Waals surface area contributed by atoms with E-state index in [9.17, 15) is 10.2 Å². The molecule has 0 bridgehead atoms. The predicted octanol–water partition coefficient (Wildman–Crippen LogP) is 6.75. The number of para-hydroxylation sites is 1. The van der Waals surface area contributed by atoms with Crippen molar-refractivity contribution in [2.45, 2.75) is 96.8 Å². The van der Waals surface area contributed by atoms with Gasteiger partial charge in [0.2, 0.25) is 0 Å². The number of unbranched alkanes of at least 4 members (excludes halogenated alkanes) is 11. The molecule has 0 saturated heterocycles. The number of aromatic hydroxyl groups is 2. The van der Waals surface area contributed by atoms with Crippen molar-refractivity contribution in [1.82, 2.24) is 0 Å². The molecule has 0 spiro atoms. The second kappa shape index (κ2) is 16.0. The third-order valence-electron chi connectivity index (χ3n) is 4.98. The Hall–Kier alpha value is -1.22. The maximum atomic E-state index is 9.76. The van der Waals surface area contributed by atoms with E-state index in [1.807, 2.05) is 6.07 Å². The summed E-state index contributed by atoms with van der Waals surface area (Å²) in [6.07, 6.45) is 17.4. The molecule has 3 nitrogen and oxygen atoms in total. The SMILES string of the molecule is CCCCCCCCCCOCCCCCCCc1cccc(O)c1O. The zero-order valence-electron chi connectivity index (χ0n) is 16.8. The molecular weight excluding hydrogens is 324 g/mol. The summed E-state index contributed by atoms with van der Waals surface area (Å²) in [6, 6.07) is 5.19. The van der Waals surface area contributed by atoms with Crippen LogP contribution in [0, 0.1) is 0 Å². The topological polar surface area (TPSA) is 49.7 Å². The van der Waals surface area contributed by atoms with Crippen LogP contribution in [0.3, 0.4) is 0 Å². The van der Waals surface area contributed by atoms with E-state index in [0.29, 0.717) is 0 Å². The van der Waals surface area contributed by atoms with Crippen LogP contribution < -0.4 is 0 Å². The lowest BCUT2D eigenvalue weighted by molar-refractivity contribution is 0.125. The molecule has 0 saturated carbocycles. The first-order valence-electron chi connectivity index (χ1n) is 10.8. The van der Waals surface area contributed by atoms with E-state index in [1.165, 1.54) is 70.3 Å². The molecule has 3 heteroatoms. The average molecular weight is 365 g/mol. The molecule has 2 N–H and O–H groups in total. The lowest BCUT2D eigenvalue weighted by atomic mass is 10.0. The van der Waals surface area contributed by atoms with Gasteiger partial charge in [-0.25, -0.2) is 0 Å². The Labute approximate surface area is 160 Å². The molecule has 26 heavy (non-hydrogen) atoms. The summed E-state index contributed by atoms with van der Waals surface area (Å²) < 4.78 is 5.72. The molecule has 0 aliphatic heterocycles. The zero-order chi connectivity index (χ0) is 18.9. The van der Waals surface area contributed by atoms with Gasteiger partial charge in [-0.3, -0.25) is 0 Å². The average Bonchev–Trinajstić information content (AvgIpc) is 2.64. The molecule has 150 valence electrons. The summed E-state index contributed by atoms with van der Waals surface area (Å²) >= 11 is 0. The van der Waals surface area contributed by atoms with Crippen molar-refractivity contribution in [3.8, 4) is 11.5 Å². The Bertz CT molecular complexity index is 445. The summed E-state index contributed by atoms with van der Waals surface area (Å²) in [5.74, 6) is 0.0259. The van der Waals surface area contributed by atoms with Crippen LogP contribution in [0.2, 0.25) is 0 Å². The minimum atomic E-state index is -0.0175. The maximum Gasteiger partial charge on any atom is 0.160 e. The van der Waals surface area contributed by atoms with Crippen molar-refractivity contribution in [3.63, 3.8) is 0 Å². The van der Waals surface area contributed by atoms with Gasteiger partial charge < -0.3 is 14.9 Å². The maximum absolute atomic E-state index is 9.76. The van der Waals surface area contributed by atoms with Gasteiger partial charge in [0.25, 0.3) is 0 Å². The Morgan fingerprint density at radius 2 is 1.23 bits per heavy atom. The van der Waals surface area contributed by atoms with Gasteiger partial charge in [0.1, 0.15) is 0 Å². The number of phenols is 2. The van der Waals surface area contributed by atoms with E-state index in [-0.39, 0.29) is 11.5 Å². The fourth-order valence-corrected chi connectivity index (χ4v) is 3.27. The van der Waals surface area contributed by atoms with E-state index in [4.69, 9.17) is 4.74 Å². The van der Waals surface area contributed by atoms with Gasteiger partial charge in [0, 0.05) is 13.2 Å². The van der Waals surface area contributed by atoms with Crippen molar-refractivity contribution in [1.29, 1.82) is 0 Å². The van der Waals surface area contributed by atoms with Gasteiger partial charge in [-0.1, -0.05) is 83.3 Å². The van der Waals surface area contributed by atoms with Crippen molar-refractivity contribution < 1.29 is 14.9 Å². The second-order valence-corrected chi connectivity index (χ2v) is 7.39. The van der Waals surface area contributed by atoms with Gasteiger partial charge in [-0.05, 0) is 37.3 Å². The fraction of sp³-hybridized carbons (Fsp3) is 0.739. The third kappa shape index (κ3) is 11.4. The standard InChI is InChI=1S/C23H40O3/c1-2-3-4-5-6-7-10-13-19-26-20-14-11-8-9-12-16-21-17-15-18-22(24)23(21)25/h15,17-18,24-25H,2-14,16,19-20H2,1H3. The molecular formula is C23H40O3. The third-order valence-corrected chi connectivity index (χ3v) is 4.98. The van der Waals surface area contributed by atoms with Crippen LogP contribution in [0.5, 0.6) is 11.5 Å². The van der Waals surface area contributed by atoms with Crippen LogP contribution >= 0.6 is 0 Å². The molecule has 0 fully saturated rings. The summed E-state index contributed by atoms with van der Waals surface area (Å²) in [6.45, 7) is 4.08. The molecule has 0 unspecified atom stereocenters. The molecule has 1 aromatic rings. The highest BCUT2D eigenvalue weighted by atomic mass is 16.5. The minimum absolute atomic E-state index is 0.0175. The number of aryl methyl sites for hydroxylation is 1. The summed E-state index contributed by atoms with van der Waals surface area (Å²) in [4.78, 5) is 0. The summed E-state index contributed by atoms with van der Waals surface area (Å²) in [5, 5.41) is 19.2. The predicted molar refractivity (Wildman–Crippen MR) is 110 cm³/mol. The number of hydrogen-bond donors (Lipinski definition) is 2. The van der Waals surface area contributed by atoms with E-state index in [1.54, 1.807) is 6.07 Å². The number of ether oxygens (including phenoxy) is 1. The Morgan fingerprint density at radius 1 is 0.692 bits per heavy atom. The van der Waals surface area contributed by atoms with E-state index < -0.39 is 0 Å². The monoisotopic (exact) mass is 364 g/mol. The molecule has 0 heterocycles. The normalized spacial score (nSPS) is 11.1. The van der Waals surface area contributed by atoms with Crippen molar-refractivity contribution in [2.24, 2.45) is 0 Å². The Kier molecular flexibility index (Phi) is 14.0. The van der Waals surface area contributed by atoms with E-state index in [0.717, 1.165) is 44.5 Å². The van der Waals surface area contributed by atoms with Crippen LogP contribution in [-0.4, -0.2) is 23.4 Å². The number of benzene rings is 1. The lowest BCUT2D eigenvalue weighted by Gasteiger charge is -2.06. The van der Waals surface area contributed by atoms with Gasteiger partial charge in [0.05, 0.1) is 0 Å². The number of hydrogen-bond acceptors (Lipinski definition) is 3. The Balaban J connectivity index is 1.80. The number of phenolic OH excluding ortho intramolecular Hbond substituents is 2. The van der Waals surface area contributed by atoms with Gasteiger partial charge in [0.15, 0.2) is 11.5 Å². The van der Waals surface area contributed by atoms with Crippen LogP contribution in [0.15, 0.2) is 18.2 Å². The van der Waals surface area contributed by atoms with Gasteiger partial charge in [-0.2, -0.15) is 0 Å². The fourth-order valence-electron chi connectivity index (χ4n) is 3.27. The smallest absolute Gasteiger partial charge is 0.160 e. The largest absolute Gasteiger partial charge is 0.504 e. The van der Waals surface area contributed by atoms with E-state index >= 15 is 0 Å². The molecule has 0 amide bonds. The molecule has 1 rings (SSSR count). The quantitative estimate of drug-likeness (QED) is 0.237. The van der Waals surface area contributed by atoms with Crippen molar-refractivity contribution in [3.05, 3.63) is 23.8 Å². The molecule has 0 aromatic heterocycles. The van der Waals surface area contributed by atoms with Crippen LogP contribution in [0.25, 0.3) is 0 Å². The van der Waals surface area contributed by atoms with E-state index in [2.05, 4.69) is 6.92 Å². The highest BCUT2D eigenvalue weighted by Crippen LogP contribution is 2.29. The zero-order valence-corrected chi connectivity index (χ0v) is 16.8.